The third kappa shape index (κ3) is 4.97. The van der Waals surface area contributed by atoms with Gasteiger partial charge in [-0.25, -0.2) is 4.79 Å². The molecule has 2 aromatic carbocycles. The fourth-order valence-electron chi connectivity index (χ4n) is 3.86. The SMILES string of the molecule is CCC(C(=O)O)N1CC(=O)N(C(C)C)c2ccc(OCc3ccc(C(=N)N)cc3)cc2C1=O. The van der Waals surface area contributed by atoms with Gasteiger partial charge in [-0.1, -0.05) is 31.2 Å². The minimum absolute atomic E-state index is 0.0210. The lowest BCUT2D eigenvalue weighted by Crippen LogP contribution is -2.48. The van der Waals surface area contributed by atoms with Gasteiger partial charge in [-0.15, -0.1) is 0 Å². The van der Waals surface area contributed by atoms with E-state index in [-0.39, 0.29) is 42.9 Å². The highest BCUT2D eigenvalue weighted by Gasteiger charge is 2.38. The van der Waals surface area contributed by atoms with E-state index < -0.39 is 17.9 Å². The molecule has 0 bridgehead atoms. The molecule has 9 nitrogen and oxygen atoms in total. The van der Waals surface area contributed by atoms with Crippen LogP contribution in [0.4, 0.5) is 5.69 Å². The number of anilines is 1. The van der Waals surface area contributed by atoms with Crippen molar-refractivity contribution < 1.29 is 24.2 Å². The Labute approximate surface area is 192 Å². The van der Waals surface area contributed by atoms with Crippen LogP contribution in [0, 0.1) is 5.41 Å². The van der Waals surface area contributed by atoms with E-state index in [1.165, 1.54) is 4.90 Å². The zero-order chi connectivity index (χ0) is 24.3. The summed E-state index contributed by atoms with van der Waals surface area (Å²) in [5.74, 6) is -1.62. The fraction of sp³-hybridized carbons (Fsp3) is 0.333. The molecule has 0 saturated carbocycles. The Bertz CT molecular complexity index is 1080. The molecule has 1 heterocycles. The number of carbonyl (C=O) groups excluding carboxylic acids is 2. The second-order valence-electron chi connectivity index (χ2n) is 8.13. The van der Waals surface area contributed by atoms with Gasteiger partial charge in [0.1, 0.15) is 30.8 Å². The second-order valence-corrected chi connectivity index (χ2v) is 8.13. The van der Waals surface area contributed by atoms with Crippen LogP contribution in [0.2, 0.25) is 0 Å². The standard InChI is InChI=1S/C24H28N4O5/c1-4-19(24(31)32)27-12-21(29)28(14(2)3)20-10-9-17(11-18(20)23(27)30)33-13-15-5-7-16(8-6-15)22(25)26/h5-11,14,19H,4,12-13H2,1-3H3,(H3,25,26)(H,31,32). The summed E-state index contributed by atoms with van der Waals surface area (Å²) < 4.78 is 5.86. The number of hydrogen-bond acceptors (Lipinski definition) is 5. The predicted molar refractivity (Wildman–Crippen MR) is 124 cm³/mol. The molecule has 0 spiro atoms. The number of aliphatic carboxylic acids is 1. The molecular formula is C24H28N4O5. The molecule has 1 atom stereocenters. The molecule has 0 aliphatic carbocycles. The van der Waals surface area contributed by atoms with E-state index in [2.05, 4.69) is 0 Å². The van der Waals surface area contributed by atoms with Crippen LogP contribution in [0.1, 0.15) is 48.7 Å². The van der Waals surface area contributed by atoms with E-state index >= 15 is 0 Å². The van der Waals surface area contributed by atoms with Crippen LogP contribution in [0.5, 0.6) is 5.75 Å². The maximum atomic E-state index is 13.4. The number of carbonyl (C=O) groups is 3. The van der Waals surface area contributed by atoms with Crippen molar-refractivity contribution in [1.29, 1.82) is 5.41 Å². The smallest absolute Gasteiger partial charge is 0.326 e. The molecule has 9 heteroatoms. The molecule has 4 N–H and O–H groups in total. The Kier molecular flexibility index (Phi) is 7.01. The van der Waals surface area contributed by atoms with Crippen molar-refractivity contribution in [2.24, 2.45) is 5.73 Å². The van der Waals surface area contributed by atoms with Gasteiger partial charge in [0, 0.05) is 11.6 Å². The predicted octanol–water partition coefficient (Wildman–Crippen LogP) is 2.61. The highest BCUT2D eigenvalue weighted by atomic mass is 16.5. The lowest BCUT2D eigenvalue weighted by Gasteiger charge is -2.28. The number of amides is 2. The molecule has 0 aromatic heterocycles. The molecule has 3 rings (SSSR count). The first-order chi connectivity index (χ1) is 15.6. The van der Waals surface area contributed by atoms with Crippen LogP contribution in [-0.4, -0.2) is 52.3 Å². The van der Waals surface area contributed by atoms with Crippen molar-refractivity contribution in [2.75, 3.05) is 11.4 Å². The molecule has 0 saturated heterocycles. The van der Waals surface area contributed by atoms with Crippen LogP contribution in [0.25, 0.3) is 0 Å². The molecule has 1 aliphatic rings. The summed E-state index contributed by atoms with van der Waals surface area (Å²) >= 11 is 0. The second kappa shape index (κ2) is 9.72. The first kappa shape index (κ1) is 23.8. The Morgan fingerprint density at radius 2 is 1.85 bits per heavy atom. The molecule has 1 unspecified atom stereocenters. The van der Waals surface area contributed by atoms with Crippen molar-refractivity contribution in [3.63, 3.8) is 0 Å². The number of benzene rings is 2. The van der Waals surface area contributed by atoms with Crippen molar-refractivity contribution in [2.45, 2.75) is 45.9 Å². The lowest BCUT2D eigenvalue weighted by molar-refractivity contribution is -0.142. The fourth-order valence-corrected chi connectivity index (χ4v) is 3.86. The number of nitrogen functional groups attached to an aromatic ring is 1. The quantitative estimate of drug-likeness (QED) is 0.416. The number of rotatable bonds is 8. The number of nitrogens with zero attached hydrogens (tertiary/aromatic N) is 2. The zero-order valence-electron chi connectivity index (χ0n) is 18.9. The summed E-state index contributed by atoms with van der Waals surface area (Å²) in [5, 5.41) is 17.1. The number of carboxylic acids is 1. The van der Waals surface area contributed by atoms with Gasteiger partial charge < -0.3 is 25.4 Å². The van der Waals surface area contributed by atoms with Crippen molar-refractivity contribution in [1.82, 2.24) is 4.90 Å². The summed E-state index contributed by atoms with van der Waals surface area (Å²) in [4.78, 5) is 40.7. The summed E-state index contributed by atoms with van der Waals surface area (Å²) in [5.41, 5.74) is 7.58. The molecule has 0 fully saturated rings. The Morgan fingerprint density at radius 3 is 2.39 bits per heavy atom. The van der Waals surface area contributed by atoms with E-state index in [0.29, 0.717) is 17.0 Å². The third-order valence-corrected chi connectivity index (χ3v) is 5.53. The van der Waals surface area contributed by atoms with E-state index in [9.17, 15) is 19.5 Å². The summed E-state index contributed by atoms with van der Waals surface area (Å²) in [6, 6.07) is 10.6. The van der Waals surface area contributed by atoms with Gasteiger partial charge in [-0.2, -0.15) is 0 Å². The summed E-state index contributed by atoms with van der Waals surface area (Å²) in [6.07, 6.45) is 0.178. The molecule has 2 aromatic rings. The number of nitrogens with two attached hydrogens (primary N) is 1. The summed E-state index contributed by atoms with van der Waals surface area (Å²) in [7, 11) is 0. The molecule has 0 radical (unpaired) electrons. The van der Waals surface area contributed by atoms with Gasteiger partial charge in [-0.3, -0.25) is 15.0 Å². The molecule has 33 heavy (non-hydrogen) atoms. The lowest BCUT2D eigenvalue weighted by atomic mass is 10.1. The first-order valence-electron chi connectivity index (χ1n) is 10.7. The van der Waals surface area contributed by atoms with Crippen LogP contribution in [-0.2, 0) is 16.2 Å². The number of nitrogens with one attached hydrogen (secondary N) is 1. The molecule has 2 amide bonds. The number of amidine groups is 1. The highest BCUT2D eigenvalue weighted by Crippen LogP contribution is 2.32. The van der Waals surface area contributed by atoms with E-state index in [4.69, 9.17) is 15.9 Å². The normalized spacial score (nSPS) is 14.7. The monoisotopic (exact) mass is 452 g/mol. The van der Waals surface area contributed by atoms with Crippen LogP contribution in [0.15, 0.2) is 42.5 Å². The van der Waals surface area contributed by atoms with Gasteiger partial charge in [0.2, 0.25) is 5.91 Å². The number of hydrogen-bond donors (Lipinski definition) is 3. The average Bonchev–Trinajstić information content (AvgIpc) is 2.87. The minimum Gasteiger partial charge on any atom is -0.489 e. The maximum absolute atomic E-state index is 13.4. The number of ether oxygens (including phenoxy) is 1. The number of carboxylic acid groups (broad SMARTS) is 1. The zero-order valence-corrected chi connectivity index (χ0v) is 18.9. The van der Waals surface area contributed by atoms with Gasteiger partial charge >= 0.3 is 5.97 Å². The van der Waals surface area contributed by atoms with E-state index in [1.54, 1.807) is 49.4 Å². The van der Waals surface area contributed by atoms with Gasteiger partial charge in [-0.05, 0) is 44.0 Å². The van der Waals surface area contributed by atoms with Crippen LogP contribution in [0.3, 0.4) is 0 Å². The highest BCUT2D eigenvalue weighted by molar-refractivity contribution is 6.11. The third-order valence-electron chi connectivity index (χ3n) is 5.53. The largest absolute Gasteiger partial charge is 0.489 e. The molecular weight excluding hydrogens is 424 g/mol. The van der Waals surface area contributed by atoms with Crippen molar-refractivity contribution >= 4 is 29.3 Å². The number of fused-ring (bicyclic) bond motifs is 1. The van der Waals surface area contributed by atoms with Crippen LogP contribution >= 0.6 is 0 Å². The van der Waals surface area contributed by atoms with E-state index in [1.807, 2.05) is 13.8 Å². The van der Waals surface area contributed by atoms with Crippen LogP contribution < -0.4 is 15.4 Å². The Morgan fingerprint density at radius 1 is 1.18 bits per heavy atom. The van der Waals surface area contributed by atoms with E-state index in [0.717, 1.165) is 10.5 Å². The summed E-state index contributed by atoms with van der Waals surface area (Å²) in [6.45, 7) is 5.25. The van der Waals surface area contributed by atoms with Crippen molar-refractivity contribution in [3.8, 4) is 5.75 Å². The topological polar surface area (TPSA) is 137 Å². The maximum Gasteiger partial charge on any atom is 0.326 e. The van der Waals surface area contributed by atoms with Crippen molar-refractivity contribution in [3.05, 3.63) is 59.2 Å². The Balaban J connectivity index is 1.94. The van der Waals surface area contributed by atoms with Gasteiger partial charge in [0.15, 0.2) is 0 Å². The first-order valence-corrected chi connectivity index (χ1v) is 10.7. The average molecular weight is 453 g/mol. The van der Waals surface area contributed by atoms with Gasteiger partial charge in [0.25, 0.3) is 5.91 Å². The molecule has 174 valence electrons. The Hall–Kier alpha value is -3.88. The molecule has 1 aliphatic heterocycles. The van der Waals surface area contributed by atoms with Gasteiger partial charge in [0.05, 0.1) is 11.3 Å². The minimum atomic E-state index is -1.15.